The molecule has 0 saturated carbocycles. The zero-order valence-corrected chi connectivity index (χ0v) is 7.57. The van der Waals surface area contributed by atoms with Crippen molar-refractivity contribution in [1.29, 1.82) is 0 Å². The van der Waals surface area contributed by atoms with Crippen LogP contribution < -0.4 is 5.32 Å². The molecule has 0 fully saturated rings. The number of aromatic amines is 1. The average Bonchev–Trinajstić information content (AvgIpc) is 2.65. The van der Waals surface area contributed by atoms with Gasteiger partial charge in [-0.25, -0.2) is 0 Å². The lowest BCUT2D eigenvalue weighted by molar-refractivity contribution is 0.0140. The molecule has 1 rings (SSSR count). The third-order valence-corrected chi connectivity index (χ3v) is 1.92. The number of aliphatic hydroxyl groups excluding tert-OH is 2. The molecule has 0 spiro atoms. The SMILES string of the molecule is CNCCC(O)C(O)c1cn[nH]c1. The number of rotatable bonds is 5. The van der Waals surface area contributed by atoms with E-state index in [9.17, 15) is 10.2 Å². The summed E-state index contributed by atoms with van der Waals surface area (Å²) in [5.41, 5.74) is 0.614. The van der Waals surface area contributed by atoms with Crippen molar-refractivity contribution in [3.05, 3.63) is 18.0 Å². The van der Waals surface area contributed by atoms with E-state index < -0.39 is 12.2 Å². The number of aliphatic hydroxyl groups is 2. The third kappa shape index (κ3) is 2.80. The molecule has 0 aliphatic heterocycles. The summed E-state index contributed by atoms with van der Waals surface area (Å²) in [6.07, 6.45) is 2.00. The Hall–Kier alpha value is -0.910. The molecule has 0 aliphatic carbocycles. The standard InChI is InChI=1S/C8H15N3O2/c1-9-3-2-7(12)8(13)6-4-10-11-5-6/h4-5,7-9,12-13H,2-3H2,1H3,(H,10,11). The number of nitrogens with one attached hydrogen (secondary N) is 2. The van der Waals surface area contributed by atoms with Gasteiger partial charge >= 0.3 is 0 Å². The maximum Gasteiger partial charge on any atom is 0.108 e. The lowest BCUT2D eigenvalue weighted by Gasteiger charge is -2.15. The number of H-pyrrole nitrogens is 1. The lowest BCUT2D eigenvalue weighted by atomic mass is 10.1. The summed E-state index contributed by atoms with van der Waals surface area (Å²) in [7, 11) is 1.80. The number of hydrogen-bond donors (Lipinski definition) is 4. The topological polar surface area (TPSA) is 81.2 Å². The van der Waals surface area contributed by atoms with Crippen LogP contribution in [-0.4, -0.2) is 40.1 Å². The third-order valence-electron chi connectivity index (χ3n) is 1.92. The summed E-state index contributed by atoms with van der Waals surface area (Å²) >= 11 is 0. The predicted molar refractivity (Wildman–Crippen MR) is 48.1 cm³/mol. The second-order valence-corrected chi connectivity index (χ2v) is 2.94. The van der Waals surface area contributed by atoms with E-state index in [4.69, 9.17) is 0 Å². The van der Waals surface area contributed by atoms with Gasteiger partial charge < -0.3 is 15.5 Å². The van der Waals surface area contributed by atoms with Crippen LogP contribution in [0.5, 0.6) is 0 Å². The highest BCUT2D eigenvalue weighted by molar-refractivity contribution is 5.08. The molecule has 1 aromatic rings. The zero-order valence-electron chi connectivity index (χ0n) is 7.57. The van der Waals surface area contributed by atoms with E-state index in [1.807, 2.05) is 0 Å². The largest absolute Gasteiger partial charge is 0.390 e. The molecule has 13 heavy (non-hydrogen) atoms. The van der Waals surface area contributed by atoms with E-state index in [1.54, 1.807) is 13.2 Å². The molecule has 1 aromatic heterocycles. The van der Waals surface area contributed by atoms with E-state index in [0.717, 1.165) is 0 Å². The van der Waals surface area contributed by atoms with Gasteiger partial charge in [-0.1, -0.05) is 0 Å². The van der Waals surface area contributed by atoms with Gasteiger partial charge in [0.05, 0.1) is 12.3 Å². The minimum atomic E-state index is -0.855. The van der Waals surface area contributed by atoms with Gasteiger partial charge in [-0.05, 0) is 20.0 Å². The Morgan fingerprint density at radius 1 is 1.62 bits per heavy atom. The van der Waals surface area contributed by atoms with Gasteiger partial charge in [0, 0.05) is 11.8 Å². The highest BCUT2D eigenvalue weighted by atomic mass is 16.3. The fraction of sp³-hybridized carbons (Fsp3) is 0.625. The van der Waals surface area contributed by atoms with Gasteiger partial charge in [-0.3, -0.25) is 5.10 Å². The van der Waals surface area contributed by atoms with E-state index in [0.29, 0.717) is 18.5 Å². The van der Waals surface area contributed by atoms with Crippen molar-refractivity contribution in [3.63, 3.8) is 0 Å². The smallest absolute Gasteiger partial charge is 0.108 e. The van der Waals surface area contributed by atoms with Crippen molar-refractivity contribution < 1.29 is 10.2 Å². The fourth-order valence-corrected chi connectivity index (χ4v) is 1.09. The molecule has 1 heterocycles. The maximum absolute atomic E-state index is 9.57. The Bertz CT molecular complexity index is 225. The molecule has 5 heteroatoms. The van der Waals surface area contributed by atoms with Crippen molar-refractivity contribution in [2.45, 2.75) is 18.6 Å². The molecule has 0 bridgehead atoms. The molecule has 5 nitrogen and oxygen atoms in total. The van der Waals surface area contributed by atoms with Crippen LogP contribution in [-0.2, 0) is 0 Å². The molecule has 0 aliphatic rings. The second kappa shape index (κ2) is 4.96. The number of hydrogen-bond acceptors (Lipinski definition) is 4. The minimum absolute atomic E-state index is 0.517. The van der Waals surface area contributed by atoms with Gasteiger partial charge in [0.2, 0.25) is 0 Å². The van der Waals surface area contributed by atoms with Crippen molar-refractivity contribution in [3.8, 4) is 0 Å². The molecule has 74 valence electrons. The molecular weight excluding hydrogens is 170 g/mol. The summed E-state index contributed by atoms with van der Waals surface area (Å²) in [5, 5.41) is 28.2. The zero-order chi connectivity index (χ0) is 9.68. The molecule has 0 amide bonds. The van der Waals surface area contributed by atoms with Gasteiger partial charge in [0.1, 0.15) is 6.10 Å². The summed E-state index contributed by atoms with van der Waals surface area (Å²) in [5.74, 6) is 0. The summed E-state index contributed by atoms with van der Waals surface area (Å²) in [4.78, 5) is 0. The maximum atomic E-state index is 9.57. The monoisotopic (exact) mass is 185 g/mol. The van der Waals surface area contributed by atoms with Crippen molar-refractivity contribution >= 4 is 0 Å². The van der Waals surface area contributed by atoms with Gasteiger partial charge in [0.15, 0.2) is 0 Å². The number of aromatic nitrogens is 2. The lowest BCUT2D eigenvalue weighted by Crippen LogP contribution is -2.23. The molecular formula is C8H15N3O2. The van der Waals surface area contributed by atoms with E-state index in [-0.39, 0.29) is 0 Å². The second-order valence-electron chi connectivity index (χ2n) is 2.94. The highest BCUT2D eigenvalue weighted by Gasteiger charge is 2.18. The van der Waals surface area contributed by atoms with Crippen LogP contribution in [0, 0.1) is 0 Å². The van der Waals surface area contributed by atoms with Gasteiger partial charge in [-0.2, -0.15) is 5.10 Å². The first-order chi connectivity index (χ1) is 6.25. The predicted octanol–water partition coefficient (Wildman–Crippen LogP) is -0.587. The van der Waals surface area contributed by atoms with Crippen molar-refractivity contribution in [1.82, 2.24) is 15.5 Å². The molecule has 0 aromatic carbocycles. The van der Waals surface area contributed by atoms with Gasteiger partial charge in [-0.15, -0.1) is 0 Å². The Kier molecular flexibility index (Phi) is 3.88. The summed E-state index contributed by atoms with van der Waals surface area (Å²) in [6, 6.07) is 0. The average molecular weight is 185 g/mol. The van der Waals surface area contributed by atoms with Crippen LogP contribution in [0.25, 0.3) is 0 Å². The number of nitrogens with zero attached hydrogens (tertiary/aromatic N) is 1. The first-order valence-corrected chi connectivity index (χ1v) is 4.25. The first-order valence-electron chi connectivity index (χ1n) is 4.25. The molecule has 4 N–H and O–H groups in total. The Morgan fingerprint density at radius 3 is 2.92 bits per heavy atom. The van der Waals surface area contributed by atoms with Crippen molar-refractivity contribution in [2.75, 3.05) is 13.6 Å². The summed E-state index contributed by atoms with van der Waals surface area (Å²) in [6.45, 7) is 0.677. The fourth-order valence-electron chi connectivity index (χ4n) is 1.09. The van der Waals surface area contributed by atoms with Gasteiger partial charge in [0.25, 0.3) is 0 Å². The van der Waals surface area contributed by atoms with E-state index in [1.165, 1.54) is 6.20 Å². The quantitative estimate of drug-likeness (QED) is 0.494. The van der Waals surface area contributed by atoms with E-state index in [2.05, 4.69) is 15.5 Å². The molecule has 2 unspecified atom stereocenters. The van der Waals surface area contributed by atoms with E-state index >= 15 is 0 Å². The van der Waals surface area contributed by atoms with Crippen LogP contribution in [0.2, 0.25) is 0 Å². The Balaban J connectivity index is 2.43. The van der Waals surface area contributed by atoms with Crippen LogP contribution in [0.3, 0.4) is 0 Å². The first kappa shape index (κ1) is 10.2. The normalized spacial score (nSPS) is 15.6. The van der Waals surface area contributed by atoms with Crippen LogP contribution in [0.15, 0.2) is 12.4 Å². The molecule has 0 radical (unpaired) electrons. The molecule has 2 atom stereocenters. The van der Waals surface area contributed by atoms with Crippen LogP contribution in [0.1, 0.15) is 18.1 Å². The highest BCUT2D eigenvalue weighted by Crippen LogP contribution is 2.16. The summed E-state index contributed by atoms with van der Waals surface area (Å²) < 4.78 is 0. The van der Waals surface area contributed by atoms with Crippen LogP contribution >= 0.6 is 0 Å². The van der Waals surface area contributed by atoms with Crippen molar-refractivity contribution in [2.24, 2.45) is 0 Å². The Morgan fingerprint density at radius 2 is 2.38 bits per heavy atom. The molecule has 0 saturated heterocycles. The Labute approximate surface area is 76.8 Å². The minimum Gasteiger partial charge on any atom is -0.390 e. The van der Waals surface area contributed by atoms with Crippen LogP contribution in [0.4, 0.5) is 0 Å².